The normalized spacial score (nSPS) is 21.9. The third kappa shape index (κ3) is 2.02. The number of rotatable bonds is 2. The summed E-state index contributed by atoms with van der Waals surface area (Å²) < 4.78 is 0. The van der Waals surface area contributed by atoms with Crippen molar-refractivity contribution in [2.75, 3.05) is 0 Å². The molecule has 3 rings (SSSR count). The zero-order chi connectivity index (χ0) is 13.4. The van der Waals surface area contributed by atoms with Crippen molar-refractivity contribution in [3.05, 3.63) is 53.1 Å². The minimum atomic E-state index is -0.834. The molecule has 0 spiro atoms. The fraction of sp³-hybridized carbons (Fsp3) is 0.286. The molecule has 5 nitrogen and oxygen atoms in total. The first-order chi connectivity index (χ1) is 9.16. The van der Waals surface area contributed by atoms with Crippen LogP contribution in [-0.4, -0.2) is 27.1 Å². The maximum Gasteiger partial charge on any atom is 0.321 e. The van der Waals surface area contributed by atoms with Gasteiger partial charge in [-0.1, -0.05) is 24.3 Å². The van der Waals surface area contributed by atoms with E-state index in [1.807, 2.05) is 31.2 Å². The quantitative estimate of drug-likeness (QED) is 0.760. The number of carboxylic acid groups (broad SMARTS) is 1. The molecule has 98 valence electrons. The number of aromatic amines is 1. The smallest absolute Gasteiger partial charge is 0.321 e. The van der Waals surface area contributed by atoms with E-state index in [4.69, 9.17) is 0 Å². The van der Waals surface area contributed by atoms with Crippen LogP contribution in [0.1, 0.15) is 28.6 Å². The fourth-order valence-electron chi connectivity index (χ4n) is 2.59. The largest absolute Gasteiger partial charge is 0.480 e. The Kier molecular flexibility index (Phi) is 2.83. The van der Waals surface area contributed by atoms with Crippen LogP contribution in [0.25, 0.3) is 0 Å². The number of hydrogen-bond donors (Lipinski definition) is 3. The summed E-state index contributed by atoms with van der Waals surface area (Å²) in [6, 6.07) is 7.21. The van der Waals surface area contributed by atoms with Crippen LogP contribution < -0.4 is 5.32 Å². The Morgan fingerprint density at radius 3 is 2.95 bits per heavy atom. The number of aryl methyl sites for hydroxylation is 1. The lowest BCUT2D eigenvalue weighted by molar-refractivity contribution is -0.139. The van der Waals surface area contributed by atoms with E-state index in [-0.39, 0.29) is 6.04 Å². The number of carboxylic acids is 1. The molecule has 2 aromatic rings. The standard InChI is InChI=1S/C14H15N3O2/c1-8-4-2-3-5-9(8)12-13-10(15-7-16-13)6-11(17-12)14(18)19/h2-5,7,11-12,17H,6H2,1H3,(H,15,16)(H,18,19)/t11-,12-/m1/s1. The van der Waals surface area contributed by atoms with Gasteiger partial charge in [0.25, 0.3) is 0 Å². The molecular weight excluding hydrogens is 242 g/mol. The van der Waals surface area contributed by atoms with Crippen molar-refractivity contribution in [2.45, 2.75) is 25.4 Å². The Bertz CT molecular complexity index is 621. The van der Waals surface area contributed by atoms with Crippen LogP contribution >= 0.6 is 0 Å². The van der Waals surface area contributed by atoms with Crippen molar-refractivity contribution in [1.82, 2.24) is 15.3 Å². The number of aromatic nitrogens is 2. The van der Waals surface area contributed by atoms with Crippen LogP contribution in [0, 0.1) is 6.92 Å². The van der Waals surface area contributed by atoms with Gasteiger partial charge in [-0.3, -0.25) is 10.1 Å². The monoisotopic (exact) mass is 257 g/mol. The fourth-order valence-corrected chi connectivity index (χ4v) is 2.59. The molecular formula is C14H15N3O2. The van der Waals surface area contributed by atoms with Gasteiger partial charge in [0.05, 0.1) is 18.1 Å². The van der Waals surface area contributed by atoms with Crippen molar-refractivity contribution in [3.8, 4) is 0 Å². The van der Waals surface area contributed by atoms with E-state index in [0.717, 1.165) is 22.5 Å². The molecule has 0 bridgehead atoms. The molecule has 1 aliphatic rings. The number of nitrogens with one attached hydrogen (secondary N) is 2. The molecule has 0 radical (unpaired) electrons. The van der Waals surface area contributed by atoms with Gasteiger partial charge in [0.15, 0.2) is 0 Å². The molecule has 19 heavy (non-hydrogen) atoms. The lowest BCUT2D eigenvalue weighted by Gasteiger charge is -2.29. The third-order valence-corrected chi connectivity index (χ3v) is 3.60. The van der Waals surface area contributed by atoms with Crippen molar-refractivity contribution >= 4 is 5.97 Å². The molecule has 0 unspecified atom stereocenters. The molecule has 0 amide bonds. The number of carbonyl (C=O) groups is 1. The highest BCUT2D eigenvalue weighted by atomic mass is 16.4. The van der Waals surface area contributed by atoms with E-state index in [0.29, 0.717) is 6.42 Å². The first-order valence-corrected chi connectivity index (χ1v) is 6.23. The molecule has 2 atom stereocenters. The van der Waals surface area contributed by atoms with Crippen LogP contribution in [0.3, 0.4) is 0 Å². The number of benzene rings is 1. The molecule has 1 aliphatic heterocycles. The van der Waals surface area contributed by atoms with Gasteiger partial charge in [-0.25, -0.2) is 4.98 Å². The molecule has 3 N–H and O–H groups in total. The van der Waals surface area contributed by atoms with E-state index < -0.39 is 12.0 Å². The predicted molar refractivity (Wildman–Crippen MR) is 69.9 cm³/mol. The second kappa shape index (κ2) is 4.51. The second-order valence-corrected chi connectivity index (χ2v) is 4.82. The van der Waals surface area contributed by atoms with Gasteiger partial charge in [-0.15, -0.1) is 0 Å². The first-order valence-electron chi connectivity index (χ1n) is 6.23. The van der Waals surface area contributed by atoms with Gasteiger partial charge in [0.2, 0.25) is 0 Å². The van der Waals surface area contributed by atoms with Crippen molar-refractivity contribution in [3.63, 3.8) is 0 Å². The van der Waals surface area contributed by atoms with Gasteiger partial charge in [-0.05, 0) is 18.1 Å². The predicted octanol–water partition coefficient (Wildman–Crippen LogP) is 1.41. The van der Waals surface area contributed by atoms with Crippen molar-refractivity contribution in [1.29, 1.82) is 0 Å². The summed E-state index contributed by atoms with van der Waals surface area (Å²) in [5, 5.41) is 12.4. The lowest BCUT2D eigenvalue weighted by atomic mass is 9.91. The summed E-state index contributed by atoms with van der Waals surface area (Å²) in [4.78, 5) is 18.6. The van der Waals surface area contributed by atoms with E-state index in [2.05, 4.69) is 15.3 Å². The molecule has 1 aromatic carbocycles. The Balaban J connectivity index is 2.06. The van der Waals surface area contributed by atoms with E-state index >= 15 is 0 Å². The summed E-state index contributed by atoms with van der Waals surface area (Å²) in [6.45, 7) is 2.02. The highest BCUT2D eigenvalue weighted by molar-refractivity contribution is 5.74. The molecule has 5 heteroatoms. The molecule has 0 fully saturated rings. The Hall–Kier alpha value is -2.14. The molecule has 1 aromatic heterocycles. The summed E-state index contributed by atoms with van der Waals surface area (Å²) in [5.74, 6) is -0.834. The summed E-state index contributed by atoms with van der Waals surface area (Å²) in [5.41, 5.74) is 3.99. The van der Waals surface area contributed by atoms with Crippen LogP contribution in [0.4, 0.5) is 0 Å². The van der Waals surface area contributed by atoms with Gasteiger partial charge in [0, 0.05) is 12.1 Å². The Morgan fingerprint density at radius 2 is 2.21 bits per heavy atom. The van der Waals surface area contributed by atoms with Crippen LogP contribution in [0.15, 0.2) is 30.6 Å². The van der Waals surface area contributed by atoms with E-state index in [9.17, 15) is 9.90 Å². The van der Waals surface area contributed by atoms with Crippen LogP contribution in [-0.2, 0) is 11.2 Å². The molecule has 0 saturated heterocycles. The number of hydrogen-bond acceptors (Lipinski definition) is 3. The first kappa shape index (κ1) is 11.9. The third-order valence-electron chi connectivity index (χ3n) is 3.60. The van der Waals surface area contributed by atoms with Gasteiger partial charge >= 0.3 is 5.97 Å². The zero-order valence-electron chi connectivity index (χ0n) is 10.6. The molecule has 0 aliphatic carbocycles. The number of H-pyrrole nitrogens is 1. The Morgan fingerprint density at radius 1 is 1.42 bits per heavy atom. The number of imidazole rings is 1. The maximum absolute atomic E-state index is 11.3. The highest BCUT2D eigenvalue weighted by Gasteiger charge is 2.33. The van der Waals surface area contributed by atoms with E-state index in [1.54, 1.807) is 6.33 Å². The summed E-state index contributed by atoms with van der Waals surface area (Å²) >= 11 is 0. The van der Waals surface area contributed by atoms with Crippen LogP contribution in [0.5, 0.6) is 0 Å². The number of aliphatic carboxylic acids is 1. The zero-order valence-corrected chi connectivity index (χ0v) is 10.6. The van der Waals surface area contributed by atoms with Gasteiger partial charge in [-0.2, -0.15) is 0 Å². The van der Waals surface area contributed by atoms with Gasteiger partial charge in [0.1, 0.15) is 6.04 Å². The maximum atomic E-state index is 11.3. The highest BCUT2D eigenvalue weighted by Crippen LogP contribution is 2.30. The lowest BCUT2D eigenvalue weighted by Crippen LogP contribution is -2.45. The average Bonchev–Trinajstić information content (AvgIpc) is 2.86. The van der Waals surface area contributed by atoms with Gasteiger partial charge < -0.3 is 10.1 Å². The molecule has 0 saturated carbocycles. The van der Waals surface area contributed by atoms with Crippen LogP contribution in [0.2, 0.25) is 0 Å². The minimum absolute atomic E-state index is 0.169. The minimum Gasteiger partial charge on any atom is -0.480 e. The summed E-state index contributed by atoms with van der Waals surface area (Å²) in [6.07, 6.45) is 2.06. The van der Waals surface area contributed by atoms with Crippen molar-refractivity contribution in [2.24, 2.45) is 0 Å². The topological polar surface area (TPSA) is 78.0 Å². The molecule has 2 heterocycles. The second-order valence-electron chi connectivity index (χ2n) is 4.82. The summed E-state index contributed by atoms with van der Waals surface area (Å²) in [7, 11) is 0. The number of fused-ring (bicyclic) bond motifs is 1. The number of nitrogens with zero attached hydrogens (tertiary/aromatic N) is 1. The van der Waals surface area contributed by atoms with Crippen molar-refractivity contribution < 1.29 is 9.90 Å². The van der Waals surface area contributed by atoms with E-state index in [1.165, 1.54) is 0 Å². The Labute approximate surface area is 110 Å². The average molecular weight is 257 g/mol. The SMILES string of the molecule is Cc1ccccc1[C@H]1N[C@@H](C(=O)O)Cc2[nH]cnc21.